The molecule has 0 aliphatic heterocycles. The second kappa shape index (κ2) is 5.94. The van der Waals surface area contributed by atoms with Crippen molar-refractivity contribution < 1.29 is 9.50 Å². The van der Waals surface area contributed by atoms with Crippen LogP contribution in [0.1, 0.15) is 11.7 Å². The van der Waals surface area contributed by atoms with E-state index in [1.165, 1.54) is 6.07 Å². The molecule has 1 unspecified atom stereocenters. The van der Waals surface area contributed by atoms with Crippen LogP contribution in [0.2, 0.25) is 0 Å². The maximum atomic E-state index is 13.6. The van der Waals surface area contributed by atoms with E-state index in [4.69, 9.17) is 0 Å². The van der Waals surface area contributed by atoms with Crippen LogP contribution < -0.4 is 5.32 Å². The first-order chi connectivity index (χ1) is 10.2. The van der Waals surface area contributed by atoms with Crippen molar-refractivity contribution in [3.05, 3.63) is 78.1 Å². The number of hydrogen-bond donors (Lipinski definition) is 2. The Morgan fingerprint density at radius 3 is 2.43 bits per heavy atom. The number of aliphatic hydroxyl groups is 1. The van der Waals surface area contributed by atoms with Crippen molar-refractivity contribution >= 4 is 16.5 Å². The number of anilines is 1. The highest BCUT2D eigenvalue weighted by Crippen LogP contribution is 2.21. The average molecular weight is 281 g/mol. The second-order valence-corrected chi connectivity index (χ2v) is 4.98. The summed E-state index contributed by atoms with van der Waals surface area (Å²) in [5.41, 5.74) is 1.22. The molecular formula is C18H16FNO. The van der Waals surface area contributed by atoms with Crippen molar-refractivity contribution in [2.24, 2.45) is 0 Å². The number of rotatable bonds is 4. The minimum Gasteiger partial charge on any atom is -0.386 e. The van der Waals surface area contributed by atoms with Crippen molar-refractivity contribution in [2.75, 3.05) is 11.9 Å². The summed E-state index contributed by atoms with van der Waals surface area (Å²) in [4.78, 5) is 0. The molecule has 3 aromatic carbocycles. The first-order valence-electron chi connectivity index (χ1n) is 6.89. The molecule has 106 valence electrons. The van der Waals surface area contributed by atoms with E-state index in [1.807, 2.05) is 42.5 Å². The van der Waals surface area contributed by atoms with Gasteiger partial charge in [0.25, 0.3) is 0 Å². The average Bonchev–Trinajstić information content (AvgIpc) is 2.53. The number of fused-ring (bicyclic) bond motifs is 1. The van der Waals surface area contributed by atoms with Gasteiger partial charge < -0.3 is 10.4 Å². The highest BCUT2D eigenvalue weighted by atomic mass is 19.1. The van der Waals surface area contributed by atoms with E-state index in [1.54, 1.807) is 18.2 Å². The van der Waals surface area contributed by atoms with E-state index in [-0.39, 0.29) is 12.4 Å². The Labute approximate surface area is 122 Å². The van der Waals surface area contributed by atoms with Gasteiger partial charge in [0.05, 0.1) is 6.10 Å². The Hall–Kier alpha value is -2.39. The van der Waals surface area contributed by atoms with Gasteiger partial charge in [0.2, 0.25) is 0 Å². The van der Waals surface area contributed by atoms with Gasteiger partial charge in [-0.05, 0) is 29.0 Å². The highest BCUT2D eigenvalue weighted by molar-refractivity contribution is 5.85. The van der Waals surface area contributed by atoms with Crippen LogP contribution in [0.3, 0.4) is 0 Å². The molecule has 0 spiro atoms. The summed E-state index contributed by atoms with van der Waals surface area (Å²) in [5, 5.41) is 15.5. The molecule has 0 aliphatic rings. The van der Waals surface area contributed by atoms with E-state index in [0.29, 0.717) is 5.56 Å². The quantitative estimate of drug-likeness (QED) is 0.754. The normalized spacial score (nSPS) is 12.3. The monoisotopic (exact) mass is 281 g/mol. The third-order valence-electron chi connectivity index (χ3n) is 3.51. The molecule has 3 aromatic rings. The Morgan fingerprint density at radius 1 is 0.905 bits per heavy atom. The Bertz CT molecular complexity index is 757. The maximum Gasteiger partial charge on any atom is 0.129 e. The standard InChI is InChI=1S/C18H16FNO/c19-17-8-4-3-7-16(17)18(21)12-20-15-10-9-13-5-1-2-6-14(13)11-15/h1-11,18,20-21H,12H2. The van der Waals surface area contributed by atoms with Crippen LogP contribution in [0.25, 0.3) is 10.8 Å². The van der Waals surface area contributed by atoms with Crippen molar-refractivity contribution in [3.8, 4) is 0 Å². The fourth-order valence-corrected chi connectivity index (χ4v) is 2.37. The highest BCUT2D eigenvalue weighted by Gasteiger charge is 2.11. The summed E-state index contributed by atoms with van der Waals surface area (Å²) in [6.45, 7) is 0.263. The van der Waals surface area contributed by atoms with Gasteiger partial charge in [-0.3, -0.25) is 0 Å². The van der Waals surface area contributed by atoms with E-state index in [2.05, 4.69) is 5.32 Å². The molecule has 0 fully saturated rings. The van der Waals surface area contributed by atoms with Gasteiger partial charge in [0, 0.05) is 17.8 Å². The fourth-order valence-electron chi connectivity index (χ4n) is 2.37. The molecule has 2 N–H and O–H groups in total. The number of aliphatic hydroxyl groups excluding tert-OH is 1. The molecule has 0 saturated heterocycles. The van der Waals surface area contributed by atoms with Gasteiger partial charge in [0.15, 0.2) is 0 Å². The number of halogens is 1. The molecule has 2 nitrogen and oxygen atoms in total. The number of nitrogens with one attached hydrogen (secondary N) is 1. The molecule has 0 aliphatic carbocycles. The minimum absolute atomic E-state index is 0.263. The Kier molecular flexibility index (Phi) is 3.84. The van der Waals surface area contributed by atoms with E-state index in [9.17, 15) is 9.50 Å². The molecule has 3 rings (SSSR count). The number of hydrogen-bond acceptors (Lipinski definition) is 2. The first kappa shape index (κ1) is 13.6. The summed E-state index contributed by atoms with van der Waals surface area (Å²) in [7, 11) is 0. The summed E-state index contributed by atoms with van der Waals surface area (Å²) >= 11 is 0. The van der Waals surface area contributed by atoms with E-state index >= 15 is 0 Å². The molecular weight excluding hydrogens is 265 g/mol. The largest absolute Gasteiger partial charge is 0.386 e. The second-order valence-electron chi connectivity index (χ2n) is 4.98. The Morgan fingerprint density at radius 2 is 1.62 bits per heavy atom. The van der Waals surface area contributed by atoms with Gasteiger partial charge in [0.1, 0.15) is 5.82 Å². The van der Waals surface area contributed by atoms with Crippen LogP contribution >= 0.6 is 0 Å². The lowest BCUT2D eigenvalue weighted by Gasteiger charge is -2.14. The molecule has 0 bridgehead atoms. The fraction of sp³-hybridized carbons (Fsp3) is 0.111. The van der Waals surface area contributed by atoms with Crippen LogP contribution in [0.4, 0.5) is 10.1 Å². The van der Waals surface area contributed by atoms with Crippen molar-refractivity contribution in [1.82, 2.24) is 0 Å². The van der Waals surface area contributed by atoms with Gasteiger partial charge in [-0.25, -0.2) is 4.39 Å². The zero-order chi connectivity index (χ0) is 14.7. The molecule has 3 heteroatoms. The molecule has 0 radical (unpaired) electrons. The first-order valence-corrected chi connectivity index (χ1v) is 6.89. The van der Waals surface area contributed by atoms with Gasteiger partial charge >= 0.3 is 0 Å². The van der Waals surface area contributed by atoms with Crippen LogP contribution in [-0.4, -0.2) is 11.7 Å². The molecule has 0 heterocycles. The van der Waals surface area contributed by atoms with Gasteiger partial charge in [-0.1, -0.05) is 48.5 Å². The zero-order valence-corrected chi connectivity index (χ0v) is 11.5. The predicted molar refractivity (Wildman–Crippen MR) is 83.8 cm³/mol. The minimum atomic E-state index is -0.877. The van der Waals surface area contributed by atoms with Crippen molar-refractivity contribution in [3.63, 3.8) is 0 Å². The van der Waals surface area contributed by atoms with Crippen LogP contribution in [0.5, 0.6) is 0 Å². The number of benzene rings is 3. The topological polar surface area (TPSA) is 32.3 Å². The smallest absolute Gasteiger partial charge is 0.129 e. The predicted octanol–water partition coefficient (Wildman–Crippen LogP) is 4.12. The van der Waals surface area contributed by atoms with Crippen molar-refractivity contribution in [2.45, 2.75) is 6.10 Å². The maximum absolute atomic E-state index is 13.6. The summed E-state index contributed by atoms with van der Waals surface area (Å²) in [5.74, 6) is -0.384. The lowest BCUT2D eigenvalue weighted by atomic mass is 10.1. The molecule has 21 heavy (non-hydrogen) atoms. The summed E-state index contributed by atoms with van der Waals surface area (Å²) < 4.78 is 13.6. The van der Waals surface area contributed by atoms with Crippen LogP contribution in [0, 0.1) is 5.82 Å². The van der Waals surface area contributed by atoms with Crippen LogP contribution in [0.15, 0.2) is 66.7 Å². The van der Waals surface area contributed by atoms with E-state index in [0.717, 1.165) is 16.5 Å². The lowest BCUT2D eigenvalue weighted by Crippen LogP contribution is -2.13. The molecule has 0 aromatic heterocycles. The van der Waals surface area contributed by atoms with Crippen LogP contribution in [-0.2, 0) is 0 Å². The third kappa shape index (κ3) is 3.03. The van der Waals surface area contributed by atoms with E-state index < -0.39 is 6.10 Å². The SMILES string of the molecule is OC(CNc1ccc2ccccc2c1)c1ccccc1F. The van der Waals surface area contributed by atoms with Gasteiger partial charge in [-0.15, -0.1) is 0 Å². The molecule has 1 atom stereocenters. The third-order valence-corrected chi connectivity index (χ3v) is 3.51. The van der Waals surface area contributed by atoms with Gasteiger partial charge in [-0.2, -0.15) is 0 Å². The lowest BCUT2D eigenvalue weighted by molar-refractivity contribution is 0.186. The van der Waals surface area contributed by atoms with Crippen molar-refractivity contribution in [1.29, 1.82) is 0 Å². The zero-order valence-electron chi connectivity index (χ0n) is 11.5. The Balaban J connectivity index is 1.73. The summed E-state index contributed by atoms with van der Waals surface area (Å²) in [6.07, 6.45) is -0.877. The molecule has 0 amide bonds. The summed E-state index contributed by atoms with van der Waals surface area (Å²) in [6, 6.07) is 20.3. The molecule has 0 saturated carbocycles.